The van der Waals surface area contributed by atoms with Gasteiger partial charge in [-0.1, -0.05) is 43.7 Å². The number of hydrogen-bond acceptors (Lipinski definition) is 4. The lowest BCUT2D eigenvalue weighted by atomic mass is 10.1. The number of hydrogen-bond donors (Lipinski definition) is 1. The van der Waals surface area contributed by atoms with E-state index in [1.54, 1.807) is 7.11 Å². The standard InChI is InChI=1S/C17H23N3O/c1-4-9-15(21-3)17-19-14(12-16(20-17)18-5-2)13-10-7-6-8-11-13/h6-8,10-12,15H,4-5,9H2,1-3H3,(H,18,19,20). The highest BCUT2D eigenvalue weighted by Crippen LogP contribution is 2.25. The highest BCUT2D eigenvalue weighted by molar-refractivity contribution is 5.62. The third-order valence-corrected chi connectivity index (χ3v) is 3.29. The number of anilines is 1. The highest BCUT2D eigenvalue weighted by atomic mass is 16.5. The van der Waals surface area contributed by atoms with Crippen molar-refractivity contribution in [1.29, 1.82) is 0 Å². The van der Waals surface area contributed by atoms with E-state index < -0.39 is 0 Å². The Hall–Kier alpha value is -1.94. The second kappa shape index (κ2) is 7.74. The second-order valence-electron chi connectivity index (χ2n) is 4.91. The Bertz CT molecular complexity index is 557. The summed E-state index contributed by atoms with van der Waals surface area (Å²) in [6.45, 7) is 5.03. The van der Waals surface area contributed by atoms with Gasteiger partial charge in [0, 0.05) is 25.3 Å². The molecule has 0 aliphatic heterocycles. The van der Waals surface area contributed by atoms with E-state index in [4.69, 9.17) is 9.72 Å². The molecule has 1 atom stereocenters. The average Bonchev–Trinajstić information content (AvgIpc) is 2.53. The third kappa shape index (κ3) is 4.02. The van der Waals surface area contributed by atoms with Crippen LogP contribution in [0.25, 0.3) is 11.3 Å². The van der Waals surface area contributed by atoms with Gasteiger partial charge in [-0.15, -0.1) is 0 Å². The number of ether oxygens (including phenoxy) is 1. The molecule has 1 heterocycles. The molecule has 0 saturated carbocycles. The molecule has 0 aliphatic rings. The van der Waals surface area contributed by atoms with E-state index in [0.717, 1.165) is 42.3 Å². The van der Waals surface area contributed by atoms with Gasteiger partial charge in [-0.3, -0.25) is 0 Å². The maximum absolute atomic E-state index is 5.55. The average molecular weight is 285 g/mol. The Balaban J connectivity index is 2.43. The van der Waals surface area contributed by atoms with Crippen molar-refractivity contribution < 1.29 is 4.74 Å². The van der Waals surface area contributed by atoms with Gasteiger partial charge in [-0.25, -0.2) is 9.97 Å². The second-order valence-corrected chi connectivity index (χ2v) is 4.91. The van der Waals surface area contributed by atoms with Crippen LogP contribution in [0.4, 0.5) is 5.82 Å². The van der Waals surface area contributed by atoms with Gasteiger partial charge in [-0.2, -0.15) is 0 Å². The molecular formula is C17H23N3O. The van der Waals surface area contributed by atoms with Crippen molar-refractivity contribution in [3.8, 4) is 11.3 Å². The number of benzene rings is 1. The molecule has 21 heavy (non-hydrogen) atoms. The van der Waals surface area contributed by atoms with Crippen LogP contribution in [0, 0.1) is 0 Å². The summed E-state index contributed by atoms with van der Waals surface area (Å²) >= 11 is 0. The summed E-state index contributed by atoms with van der Waals surface area (Å²) in [6, 6.07) is 12.1. The molecule has 2 aromatic rings. The Morgan fingerprint density at radius 1 is 1.14 bits per heavy atom. The molecule has 1 aromatic carbocycles. The van der Waals surface area contributed by atoms with Crippen LogP contribution in [0.5, 0.6) is 0 Å². The predicted octanol–water partition coefficient (Wildman–Crippen LogP) is 4.06. The maximum atomic E-state index is 5.55. The fourth-order valence-electron chi connectivity index (χ4n) is 2.25. The normalized spacial score (nSPS) is 12.1. The Morgan fingerprint density at radius 3 is 2.52 bits per heavy atom. The summed E-state index contributed by atoms with van der Waals surface area (Å²) in [4.78, 5) is 9.29. The summed E-state index contributed by atoms with van der Waals surface area (Å²) in [5.41, 5.74) is 2.02. The largest absolute Gasteiger partial charge is 0.373 e. The first-order valence-corrected chi connectivity index (χ1v) is 7.49. The molecule has 4 nitrogen and oxygen atoms in total. The number of aromatic nitrogens is 2. The first-order valence-electron chi connectivity index (χ1n) is 7.49. The topological polar surface area (TPSA) is 47.0 Å². The quantitative estimate of drug-likeness (QED) is 0.833. The minimum atomic E-state index is -0.0592. The molecule has 0 aliphatic carbocycles. The highest BCUT2D eigenvalue weighted by Gasteiger charge is 2.15. The summed E-state index contributed by atoms with van der Waals surface area (Å²) in [6.07, 6.45) is 1.89. The molecule has 0 saturated heterocycles. The van der Waals surface area contributed by atoms with Crippen LogP contribution in [0.2, 0.25) is 0 Å². The van der Waals surface area contributed by atoms with Crippen LogP contribution in [0.3, 0.4) is 0 Å². The van der Waals surface area contributed by atoms with Gasteiger partial charge in [-0.05, 0) is 13.3 Å². The van der Waals surface area contributed by atoms with Crippen LogP contribution < -0.4 is 5.32 Å². The van der Waals surface area contributed by atoms with E-state index >= 15 is 0 Å². The van der Waals surface area contributed by atoms with E-state index in [1.807, 2.05) is 24.3 Å². The minimum Gasteiger partial charge on any atom is -0.373 e. The van der Waals surface area contributed by atoms with Crippen molar-refractivity contribution >= 4 is 5.82 Å². The molecule has 1 aromatic heterocycles. The zero-order chi connectivity index (χ0) is 15.1. The van der Waals surface area contributed by atoms with Crippen LogP contribution in [0.15, 0.2) is 36.4 Å². The van der Waals surface area contributed by atoms with Gasteiger partial charge in [0.1, 0.15) is 11.9 Å². The smallest absolute Gasteiger partial charge is 0.160 e. The summed E-state index contributed by atoms with van der Waals surface area (Å²) < 4.78 is 5.55. The molecule has 2 rings (SSSR count). The van der Waals surface area contributed by atoms with Crippen LogP contribution >= 0.6 is 0 Å². The summed E-state index contributed by atoms with van der Waals surface area (Å²) in [5.74, 6) is 1.59. The van der Waals surface area contributed by atoms with Gasteiger partial charge >= 0.3 is 0 Å². The van der Waals surface area contributed by atoms with Gasteiger partial charge in [0.2, 0.25) is 0 Å². The lowest BCUT2D eigenvalue weighted by Crippen LogP contribution is -2.10. The fourth-order valence-corrected chi connectivity index (χ4v) is 2.25. The van der Waals surface area contributed by atoms with Crippen molar-refractivity contribution in [2.75, 3.05) is 19.0 Å². The number of nitrogens with one attached hydrogen (secondary N) is 1. The molecule has 1 N–H and O–H groups in total. The Kier molecular flexibility index (Phi) is 5.69. The molecule has 112 valence electrons. The number of methoxy groups -OCH3 is 1. The van der Waals surface area contributed by atoms with Crippen molar-refractivity contribution in [3.63, 3.8) is 0 Å². The zero-order valence-corrected chi connectivity index (χ0v) is 13.0. The lowest BCUT2D eigenvalue weighted by Gasteiger charge is -2.16. The van der Waals surface area contributed by atoms with E-state index in [2.05, 4.69) is 36.3 Å². The first kappa shape index (κ1) is 15.4. The first-order chi connectivity index (χ1) is 10.3. The Morgan fingerprint density at radius 2 is 1.90 bits per heavy atom. The Labute approximate surface area is 126 Å². The van der Waals surface area contributed by atoms with Gasteiger partial charge in [0.25, 0.3) is 0 Å². The molecule has 0 radical (unpaired) electrons. The van der Waals surface area contributed by atoms with Crippen molar-refractivity contribution in [3.05, 3.63) is 42.2 Å². The summed E-state index contributed by atoms with van der Waals surface area (Å²) in [7, 11) is 1.71. The molecule has 1 unspecified atom stereocenters. The third-order valence-electron chi connectivity index (χ3n) is 3.29. The van der Waals surface area contributed by atoms with Crippen molar-refractivity contribution in [2.24, 2.45) is 0 Å². The molecule has 0 spiro atoms. The van der Waals surface area contributed by atoms with Crippen LogP contribution in [-0.4, -0.2) is 23.6 Å². The number of rotatable bonds is 7. The van der Waals surface area contributed by atoms with Gasteiger partial charge < -0.3 is 10.1 Å². The molecule has 4 heteroatoms. The van der Waals surface area contributed by atoms with Crippen LogP contribution in [0.1, 0.15) is 38.6 Å². The maximum Gasteiger partial charge on any atom is 0.160 e. The molecule has 0 amide bonds. The van der Waals surface area contributed by atoms with Crippen molar-refractivity contribution in [1.82, 2.24) is 9.97 Å². The monoisotopic (exact) mass is 285 g/mol. The van der Waals surface area contributed by atoms with E-state index in [0.29, 0.717) is 0 Å². The minimum absolute atomic E-state index is 0.0592. The molecular weight excluding hydrogens is 262 g/mol. The number of nitrogens with zero attached hydrogens (tertiary/aromatic N) is 2. The van der Waals surface area contributed by atoms with Gasteiger partial charge in [0.15, 0.2) is 5.82 Å². The van der Waals surface area contributed by atoms with Gasteiger partial charge in [0.05, 0.1) is 5.69 Å². The lowest BCUT2D eigenvalue weighted by molar-refractivity contribution is 0.0878. The summed E-state index contributed by atoms with van der Waals surface area (Å²) in [5, 5.41) is 3.27. The van der Waals surface area contributed by atoms with Crippen LogP contribution in [-0.2, 0) is 4.74 Å². The fraction of sp³-hybridized carbons (Fsp3) is 0.412. The van der Waals surface area contributed by atoms with E-state index in [1.165, 1.54) is 0 Å². The predicted molar refractivity (Wildman–Crippen MR) is 86.3 cm³/mol. The van der Waals surface area contributed by atoms with E-state index in [-0.39, 0.29) is 6.10 Å². The molecule has 0 fully saturated rings. The SMILES string of the molecule is CCCC(OC)c1nc(NCC)cc(-c2ccccc2)n1. The molecule has 0 bridgehead atoms. The zero-order valence-electron chi connectivity index (χ0n) is 13.0. The van der Waals surface area contributed by atoms with E-state index in [9.17, 15) is 0 Å². The van der Waals surface area contributed by atoms with Crippen molar-refractivity contribution in [2.45, 2.75) is 32.8 Å².